The highest BCUT2D eigenvalue weighted by Crippen LogP contribution is 2.16. The maximum atomic E-state index is 13.5. The van der Waals surface area contributed by atoms with E-state index in [9.17, 15) is 9.18 Å². The van der Waals surface area contributed by atoms with Crippen LogP contribution in [0.15, 0.2) is 24.3 Å². The normalized spacial score (nSPS) is 14.0. The van der Waals surface area contributed by atoms with Crippen LogP contribution in [-0.2, 0) is 9.53 Å². The van der Waals surface area contributed by atoms with Gasteiger partial charge in [0.05, 0.1) is 12.5 Å². The van der Waals surface area contributed by atoms with Gasteiger partial charge in [-0.2, -0.15) is 0 Å². The fraction of sp³-hybridized carbons (Fsp3) is 0.500. The molecule has 4 heteroatoms. The van der Waals surface area contributed by atoms with Crippen LogP contribution < -0.4 is 5.32 Å². The third-order valence-corrected chi connectivity index (χ3v) is 2.79. The van der Waals surface area contributed by atoms with Crippen molar-refractivity contribution in [2.24, 2.45) is 5.92 Å². The summed E-state index contributed by atoms with van der Waals surface area (Å²) in [7, 11) is 0. The van der Waals surface area contributed by atoms with Crippen LogP contribution in [0.5, 0.6) is 0 Å². The first-order valence-electron chi connectivity index (χ1n) is 6.20. The zero-order valence-corrected chi connectivity index (χ0v) is 11.1. The molecule has 18 heavy (non-hydrogen) atoms. The lowest BCUT2D eigenvalue weighted by atomic mass is 10.1. The summed E-state index contributed by atoms with van der Waals surface area (Å²) in [5.41, 5.74) is 0.605. The third kappa shape index (κ3) is 4.11. The van der Waals surface area contributed by atoms with Gasteiger partial charge in [0.15, 0.2) is 0 Å². The first-order valence-corrected chi connectivity index (χ1v) is 6.20. The van der Waals surface area contributed by atoms with Gasteiger partial charge in [-0.05, 0) is 19.9 Å². The largest absolute Gasteiger partial charge is 0.466 e. The van der Waals surface area contributed by atoms with Crippen molar-refractivity contribution in [2.45, 2.75) is 26.8 Å². The van der Waals surface area contributed by atoms with Crippen LogP contribution in [0.4, 0.5) is 4.39 Å². The van der Waals surface area contributed by atoms with Crippen LogP contribution in [0.3, 0.4) is 0 Å². The maximum Gasteiger partial charge on any atom is 0.309 e. The number of ether oxygens (including phenoxy) is 1. The summed E-state index contributed by atoms with van der Waals surface area (Å²) in [5.74, 6) is -0.703. The molecule has 0 fully saturated rings. The summed E-state index contributed by atoms with van der Waals surface area (Å²) in [6.07, 6.45) is 0. The van der Waals surface area contributed by atoms with E-state index >= 15 is 0 Å². The predicted octanol–water partition coefficient (Wildman–Crippen LogP) is 2.68. The topological polar surface area (TPSA) is 38.3 Å². The van der Waals surface area contributed by atoms with Gasteiger partial charge in [-0.3, -0.25) is 4.79 Å². The van der Waals surface area contributed by atoms with Gasteiger partial charge in [-0.15, -0.1) is 0 Å². The lowest BCUT2D eigenvalue weighted by Gasteiger charge is -2.17. The third-order valence-electron chi connectivity index (χ3n) is 2.79. The fourth-order valence-corrected chi connectivity index (χ4v) is 1.66. The zero-order chi connectivity index (χ0) is 13.5. The van der Waals surface area contributed by atoms with Gasteiger partial charge in [0.1, 0.15) is 5.82 Å². The van der Waals surface area contributed by atoms with Crippen LogP contribution in [0, 0.1) is 11.7 Å². The Balaban J connectivity index is 2.49. The van der Waals surface area contributed by atoms with Gasteiger partial charge < -0.3 is 10.1 Å². The molecule has 0 aliphatic carbocycles. The molecule has 3 nitrogen and oxygen atoms in total. The summed E-state index contributed by atoms with van der Waals surface area (Å²) in [6, 6.07) is 6.49. The van der Waals surface area contributed by atoms with Crippen LogP contribution in [0.25, 0.3) is 0 Å². The molecule has 100 valence electrons. The molecular formula is C14H20FNO2. The molecular weight excluding hydrogens is 233 g/mol. The van der Waals surface area contributed by atoms with Crippen LogP contribution in [-0.4, -0.2) is 19.1 Å². The summed E-state index contributed by atoms with van der Waals surface area (Å²) in [5, 5.41) is 3.14. The second-order valence-corrected chi connectivity index (χ2v) is 4.30. The van der Waals surface area contributed by atoms with Crippen LogP contribution >= 0.6 is 0 Å². The van der Waals surface area contributed by atoms with Gasteiger partial charge in [0, 0.05) is 18.2 Å². The lowest BCUT2D eigenvalue weighted by Crippen LogP contribution is -2.30. The molecule has 0 radical (unpaired) electrons. The fourth-order valence-electron chi connectivity index (χ4n) is 1.66. The number of halogens is 1. The minimum Gasteiger partial charge on any atom is -0.466 e. The van der Waals surface area contributed by atoms with Crippen molar-refractivity contribution in [2.75, 3.05) is 13.2 Å². The number of hydrogen-bond donors (Lipinski definition) is 1. The summed E-state index contributed by atoms with van der Waals surface area (Å²) in [6.45, 7) is 6.29. The molecule has 0 amide bonds. The Kier molecular flexibility index (Phi) is 5.78. The van der Waals surface area contributed by atoms with Crippen molar-refractivity contribution in [3.63, 3.8) is 0 Å². The van der Waals surface area contributed by atoms with Crippen molar-refractivity contribution in [1.29, 1.82) is 0 Å². The monoisotopic (exact) mass is 253 g/mol. The maximum absolute atomic E-state index is 13.5. The molecule has 1 aromatic rings. The van der Waals surface area contributed by atoms with Gasteiger partial charge in [-0.25, -0.2) is 4.39 Å². The molecule has 0 saturated heterocycles. The highest BCUT2D eigenvalue weighted by Gasteiger charge is 2.16. The molecule has 0 saturated carbocycles. The second kappa shape index (κ2) is 7.11. The lowest BCUT2D eigenvalue weighted by molar-refractivity contribution is -0.147. The summed E-state index contributed by atoms with van der Waals surface area (Å²) in [4.78, 5) is 11.4. The number of hydrogen-bond acceptors (Lipinski definition) is 3. The number of esters is 1. The van der Waals surface area contributed by atoms with Crippen molar-refractivity contribution in [3.05, 3.63) is 35.6 Å². The number of benzene rings is 1. The Morgan fingerprint density at radius 1 is 1.39 bits per heavy atom. The molecule has 0 spiro atoms. The van der Waals surface area contributed by atoms with E-state index in [-0.39, 0.29) is 23.7 Å². The Hall–Kier alpha value is -1.42. The van der Waals surface area contributed by atoms with Gasteiger partial charge in [-0.1, -0.05) is 25.1 Å². The van der Waals surface area contributed by atoms with Gasteiger partial charge in [0.2, 0.25) is 0 Å². The number of nitrogens with one attached hydrogen (secondary N) is 1. The van der Waals surface area contributed by atoms with Crippen molar-refractivity contribution < 1.29 is 13.9 Å². The molecule has 0 heterocycles. The van der Waals surface area contributed by atoms with E-state index in [2.05, 4.69) is 5.32 Å². The molecule has 0 bridgehead atoms. The first kappa shape index (κ1) is 14.6. The first-order chi connectivity index (χ1) is 8.56. The van der Waals surface area contributed by atoms with Crippen molar-refractivity contribution in [3.8, 4) is 0 Å². The van der Waals surface area contributed by atoms with Gasteiger partial charge >= 0.3 is 5.97 Å². The van der Waals surface area contributed by atoms with Crippen LogP contribution in [0.2, 0.25) is 0 Å². The summed E-state index contributed by atoms with van der Waals surface area (Å²) < 4.78 is 18.4. The Bertz CT molecular complexity index is 395. The smallest absolute Gasteiger partial charge is 0.309 e. The van der Waals surface area contributed by atoms with E-state index < -0.39 is 0 Å². The van der Waals surface area contributed by atoms with E-state index in [0.717, 1.165) is 0 Å². The Morgan fingerprint density at radius 2 is 2.06 bits per heavy atom. The average molecular weight is 253 g/mol. The van der Waals surface area contributed by atoms with E-state index in [1.807, 2.05) is 6.92 Å². The highest BCUT2D eigenvalue weighted by molar-refractivity contribution is 5.72. The number of carbonyl (C=O) groups is 1. The standard InChI is InChI=1S/C14H20FNO2/c1-4-18-14(17)10(2)9-16-11(3)12-7-5-6-8-13(12)15/h5-8,10-11,16H,4,9H2,1-3H3. The molecule has 2 atom stereocenters. The minimum atomic E-state index is -0.237. The Labute approximate surface area is 107 Å². The molecule has 0 aromatic heterocycles. The minimum absolute atomic E-state index is 0.136. The molecule has 0 aliphatic heterocycles. The predicted molar refractivity (Wildman–Crippen MR) is 68.6 cm³/mol. The Morgan fingerprint density at radius 3 is 2.67 bits per heavy atom. The summed E-state index contributed by atoms with van der Waals surface area (Å²) >= 11 is 0. The molecule has 2 unspecified atom stereocenters. The number of rotatable bonds is 6. The van der Waals surface area contributed by atoms with Crippen molar-refractivity contribution in [1.82, 2.24) is 5.32 Å². The van der Waals surface area contributed by atoms with E-state index in [1.54, 1.807) is 32.0 Å². The second-order valence-electron chi connectivity index (χ2n) is 4.30. The van der Waals surface area contributed by atoms with Gasteiger partial charge in [0.25, 0.3) is 0 Å². The molecule has 1 rings (SSSR count). The van der Waals surface area contributed by atoms with E-state index in [0.29, 0.717) is 18.7 Å². The SMILES string of the molecule is CCOC(=O)C(C)CNC(C)c1ccccc1F. The van der Waals surface area contributed by atoms with E-state index in [4.69, 9.17) is 4.74 Å². The molecule has 1 N–H and O–H groups in total. The average Bonchev–Trinajstić information content (AvgIpc) is 2.36. The highest BCUT2D eigenvalue weighted by atomic mass is 19.1. The number of carbonyl (C=O) groups excluding carboxylic acids is 1. The van der Waals surface area contributed by atoms with Crippen molar-refractivity contribution >= 4 is 5.97 Å². The molecule has 1 aromatic carbocycles. The zero-order valence-electron chi connectivity index (χ0n) is 11.1. The van der Waals surface area contributed by atoms with E-state index in [1.165, 1.54) is 6.07 Å². The quantitative estimate of drug-likeness (QED) is 0.792. The van der Waals surface area contributed by atoms with Crippen LogP contribution in [0.1, 0.15) is 32.4 Å². The molecule has 0 aliphatic rings.